The number of aromatic nitrogens is 2. The summed E-state index contributed by atoms with van der Waals surface area (Å²) in [5.41, 5.74) is 10.3. The number of benzene rings is 2. The first-order valence-electron chi connectivity index (χ1n) is 6.62. The summed E-state index contributed by atoms with van der Waals surface area (Å²) in [4.78, 5) is 4.31. The number of anilines is 1. The van der Waals surface area contributed by atoms with E-state index >= 15 is 0 Å². The van der Waals surface area contributed by atoms with Gasteiger partial charge in [0.05, 0.1) is 17.6 Å². The minimum absolute atomic E-state index is 0.277. The quantitative estimate of drug-likeness (QED) is 0.783. The van der Waals surface area contributed by atoms with Gasteiger partial charge in [0.1, 0.15) is 11.6 Å². The number of halogens is 2. The molecule has 3 nitrogen and oxygen atoms in total. The summed E-state index contributed by atoms with van der Waals surface area (Å²) >= 11 is 0. The molecular formula is C16H15F2N3. The van der Waals surface area contributed by atoms with Crippen LogP contribution >= 0.6 is 0 Å². The van der Waals surface area contributed by atoms with Crippen molar-refractivity contribution in [1.82, 2.24) is 9.55 Å². The molecule has 0 fully saturated rings. The van der Waals surface area contributed by atoms with E-state index in [0.717, 1.165) is 28.2 Å². The average molecular weight is 287 g/mol. The number of hydrogen-bond acceptors (Lipinski definition) is 2. The van der Waals surface area contributed by atoms with Crippen molar-refractivity contribution < 1.29 is 8.78 Å². The predicted octanol–water partition coefficient (Wildman–Crippen LogP) is 3.56. The fourth-order valence-electron chi connectivity index (χ4n) is 2.45. The molecule has 0 aliphatic carbocycles. The summed E-state index contributed by atoms with van der Waals surface area (Å²) in [5.74, 6) is -0.861. The summed E-state index contributed by atoms with van der Waals surface area (Å²) in [6, 6.07) is 7.41. The predicted molar refractivity (Wildman–Crippen MR) is 79.1 cm³/mol. The maximum absolute atomic E-state index is 13.3. The second-order valence-electron chi connectivity index (χ2n) is 5.26. The van der Waals surface area contributed by atoms with E-state index in [1.807, 2.05) is 26.0 Å². The monoisotopic (exact) mass is 287 g/mol. The van der Waals surface area contributed by atoms with E-state index in [1.165, 1.54) is 12.1 Å². The van der Waals surface area contributed by atoms with Crippen LogP contribution in [0.3, 0.4) is 0 Å². The number of fused-ring (bicyclic) bond motifs is 1. The van der Waals surface area contributed by atoms with E-state index in [0.29, 0.717) is 11.5 Å². The van der Waals surface area contributed by atoms with Crippen molar-refractivity contribution in [2.45, 2.75) is 20.4 Å². The minimum Gasteiger partial charge on any atom is -0.369 e. The van der Waals surface area contributed by atoms with Crippen LogP contribution in [-0.2, 0) is 6.54 Å². The third-order valence-corrected chi connectivity index (χ3v) is 3.66. The topological polar surface area (TPSA) is 43.8 Å². The number of rotatable bonds is 2. The molecule has 5 heteroatoms. The van der Waals surface area contributed by atoms with Gasteiger partial charge in [0, 0.05) is 6.07 Å². The van der Waals surface area contributed by atoms with Gasteiger partial charge in [0.25, 0.3) is 0 Å². The Hall–Kier alpha value is -2.43. The zero-order valence-electron chi connectivity index (χ0n) is 11.8. The molecule has 2 N–H and O–H groups in total. The molecule has 0 aliphatic rings. The Balaban J connectivity index is 2.11. The SMILES string of the molecule is Cc1cc2nc(N)n(Cc3cc(F)cc(F)c3)c2cc1C. The van der Waals surface area contributed by atoms with Gasteiger partial charge in [-0.3, -0.25) is 0 Å². The number of nitrogens with two attached hydrogens (primary N) is 1. The minimum atomic E-state index is -0.597. The molecule has 0 radical (unpaired) electrons. The van der Waals surface area contributed by atoms with Gasteiger partial charge in [-0.15, -0.1) is 0 Å². The van der Waals surface area contributed by atoms with Crippen molar-refractivity contribution in [3.05, 3.63) is 58.7 Å². The molecule has 0 unspecified atom stereocenters. The van der Waals surface area contributed by atoms with Crippen LogP contribution in [0.1, 0.15) is 16.7 Å². The van der Waals surface area contributed by atoms with Crippen molar-refractivity contribution in [2.75, 3.05) is 5.73 Å². The van der Waals surface area contributed by atoms with Gasteiger partial charge in [-0.1, -0.05) is 0 Å². The highest BCUT2D eigenvalue weighted by Crippen LogP contribution is 2.23. The fraction of sp³-hybridized carbons (Fsp3) is 0.188. The van der Waals surface area contributed by atoms with Crippen molar-refractivity contribution in [1.29, 1.82) is 0 Å². The highest BCUT2D eigenvalue weighted by Gasteiger charge is 2.11. The number of hydrogen-bond donors (Lipinski definition) is 1. The Morgan fingerprint density at radius 1 is 1.00 bits per heavy atom. The molecule has 3 rings (SSSR count). The zero-order valence-corrected chi connectivity index (χ0v) is 11.8. The molecule has 1 heterocycles. The third-order valence-electron chi connectivity index (χ3n) is 3.66. The van der Waals surface area contributed by atoms with Crippen LogP contribution in [0.4, 0.5) is 14.7 Å². The summed E-state index contributed by atoms with van der Waals surface area (Å²) in [6.07, 6.45) is 0. The second kappa shape index (κ2) is 4.84. The van der Waals surface area contributed by atoms with Crippen LogP contribution in [0.25, 0.3) is 11.0 Å². The van der Waals surface area contributed by atoms with Crippen LogP contribution in [0.2, 0.25) is 0 Å². The Bertz CT molecular complexity index is 817. The second-order valence-corrected chi connectivity index (χ2v) is 5.26. The van der Waals surface area contributed by atoms with Gasteiger partial charge in [-0.2, -0.15) is 0 Å². The van der Waals surface area contributed by atoms with Crippen LogP contribution in [0, 0.1) is 25.5 Å². The number of aryl methyl sites for hydroxylation is 2. The van der Waals surface area contributed by atoms with Crippen LogP contribution in [0.5, 0.6) is 0 Å². The Labute approximate surface area is 121 Å². The first-order valence-corrected chi connectivity index (χ1v) is 6.62. The Morgan fingerprint density at radius 2 is 1.62 bits per heavy atom. The van der Waals surface area contributed by atoms with Crippen LogP contribution in [0.15, 0.2) is 30.3 Å². The molecule has 1 aromatic heterocycles. The lowest BCUT2D eigenvalue weighted by Gasteiger charge is -2.08. The van der Waals surface area contributed by atoms with E-state index in [2.05, 4.69) is 4.98 Å². The standard InChI is InChI=1S/C16H15F2N3/c1-9-3-14-15(4-10(9)2)21(16(19)20-14)8-11-5-12(17)7-13(18)6-11/h3-7H,8H2,1-2H3,(H2,19,20). The summed E-state index contributed by atoms with van der Waals surface area (Å²) < 4.78 is 28.3. The lowest BCUT2D eigenvalue weighted by molar-refractivity contribution is 0.578. The molecule has 0 saturated carbocycles. The molecule has 0 bridgehead atoms. The molecular weight excluding hydrogens is 272 g/mol. The van der Waals surface area contributed by atoms with Crippen LogP contribution < -0.4 is 5.73 Å². The van der Waals surface area contributed by atoms with Crippen molar-refractivity contribution in [3.8, 4) is 0 Å². The van der Waals surface area contributed by atoms with E-state index in [4.69, 9.17) is 5.73 Å². The molecule has 0 spiro atoms. The lowest BCUT2D eigenvalue weighted by Crippen LogP contribution is -2.05. The number of nitrogens with zero attached hydrogens (tertiary/aromatic N) is 2. The number of imidazole rings is 1. The average Bonchev–Trinajstić information content (AvgIpc) is 2.65. The number of nitrogen functional groups attached to an aromatic ring is 1. The zero-order chi connectivity index (χ0) is 15.1. The highest BCUT2D eigenvalue weighted by atomic mass is 19.1. The molecule has 0 atom stereocenters. The van der Waals surface area contributed by atoms with Crippen molar-refractivity contribution >= 4 is 17.0 Å². The smallest absolute Gasteiger partial charge is 0.201 e. The van der Waals surface area contributed by atoms with Crippen LogP contribution in [-0.4, -0.2) is 9.55 Å². The Morgan fingerprint density at radius 3 is 2.29 bits per heavy atom. The molecule has 3 aromatic rings. The highest BCUT2D eigenvalue weighted by molar-refractivity contribution is 5.80. The van der Waals surface area contributed by atoms with Crippen molar-refractivity contribution in [3.63, 3.8) is 0 Å². The molecule has 0 saturated heterocycles. The largest absolute Gasteiger partial charge is 0.369 e. The first-order chi connectivity index (χ1) is 9.94. The van der Waals surface area contributed by atoms with E-state index < -0.39 is 11.6 Å². The molecule has 108 valence electrons. The van der Waals surface area contributed by atoms with Gasteiger partial charge in [0.2, 0.25) is 5.95 Å². The molecule has 0 amide bonds. The maximum Gasteiger partial charge on any atom is 0.201 e. The van der Waals surface area contributed by atoms with E-state index in [9.17, 15) is 8.78 Å². The normalized spacial score (nSPS) is 11.2. The van der Waals surface area contributed by atoms with Gasteiger partial charge in [-0.25, -0.2) is 13.8 Å². The summed E-state index contributed by atoms with van der Waals surface area (Å²) in [5, 5.41) is 0. The molecule has 0 aliphatic heterocycles. The van der Waals surface area contributed by atoms with Gasteiger partial charge in [-0.05, 0) is 54.8 Å². The van der Waals surface area contributed by atoms with E-state index in [1.54, 1.807) is 4.57 Å². The summed E-state index contributed by atoms with van der Waals surface area (Å²) in [7, 11) is 0. The van der Waals surface area contributed by atoms with E-state index in [-0.39, 0.29) is 6.54 Å². The fourth-order valence-corrected chi connectivity index (χ4v) is 2.45. The summed E-state index contributed by atoms with van der Waals surface area (Å²) in [6.45, 7) is 4.29. The lowest BCUT2D eigenvalue weighted by atomic mass is 10.1. The van der Waals surface area contributed by atoms with Gasteiger partial charge < -0.3 is 10.3 Å². The van der Waals surface area contributed by atoms with Crippen molar-refractivity contribution in [2.24, 2.45) is 0 Å². The Kier molecular flexibility index (Phi) is 3.12. The third kappa shape index (κ3) is 2.46. The van der Waals surface area contributed by atoms with Gasteiger partial charge >= 0.3 is 0 Å². The maximum atomic E-state index is 13.3. The van der Waals surface area contributed by atoms with Gasteiger partial charge in [0.15, 0.2) is 0 Å². The first kappa shape index (κ1) is 13.5. The molecule has 2 aromatic carbocycles. The molecule has 21 heavy (non-hydrogen) atoms.